The third kappa shape index (κ3) is 5.97. The van der Waals surface area contributed by atoms with Crippen molar-refractivity contribution < 1.29 is 8.85 Å². The summed E-state index contributed by atoms with van der Waals surface area (Å²) >= 11 is 0. The normalized spacial score (nSPS) is 15.5. The first-order chi connectivity index (χ1) is 9.08. The molecule has 0 aliphatic rings. The van der Waals surface area contributed by atoms with Crippen molar-refractivity contribution in [3.05, 3.63) is 0 Å². The van der Waals surface area contributed by atoms with Gasteiger partial charge < -0.3 is 8.85 Å². The fourth-order valence-electron chi connectivity index (χ4n) is 2.97. The van der Waals surface area contributed by atoms with Gasteiger partial charge in [0.2, 0.25) is 0 Å². The van der Waals surface area contributed by atoms with E-state index in [0.29, 0.717) is 11.1 Å². The first kappa shape index (κ1) is 19.1. The summed E-state index contributed by atoms with van der Waals surface area (Å²) in [5, 5.41) is 0. The number of unbranched alkanes of at least 4 members (excludes halogenated alkanes) is 2. The third-order valence-corrected chi connectivity index (χ3v) is 8.90. The van der Waals surface area contributed by atoms with Gasteiger partial charge in [-0.2, -0.15) is 0 Å². The first-order valence-corrected chi connectivity index (χ1v) is 10.3. The van der Waals surface area contributed by atoms with E-state index in [1.807, 2.05) is 0 Å². The fourth-order valence-corrected chi connectivity index (χ4v) is 7.28. The molecule has 2 unspecified atom stereocenters. The van der Waals surface area contributed by atoms with Gasteiger partial charge in [0.25, 0.3) is 0 Å². The van der Waals surface area contributed by atoms with Crippen molar-refractivity contribution in [1.82, 2.24) is 0 Å². The lowest BCUT2D eigenvalue weighted by Crippen LogP contribution is -2.50. The van der Waals surface area contributed by atoms with Gasteiger partial charge in [-0.05, 0) is 26.7 Å². The maximum Gasteiger partial charge on any atom is 0.343 e. The van der Waals surface area contributed by atoms with E-state index in [4.69, 9.17) is 8.85 Å². The lowest BCUT2D eigenvalue weighted by Gasteiger charge is -2.40. The second-order valence-corrected chi connectivity index (χ2v) is 9.67. The molecule has 0 N–H and O–H groups in total. The molecule has 0 heterocycles. The van der Waals surface area contributed by atoms with Crippen LogP contribution in [-0.4, -0.2) is 21.8 Å². The topological polar surface area (TPSA) is 18.5 Å². The van der Waals surface area contributed by atoms with Crippen LogP contribution in [0.2, 0.25) is 11.1 Å². The monoisotopic (exact) mass is 288 g/mol. The summed E-state index contributed by atoms with van der Waals surface area (Å²) in [6.07, 6.45) is 7.60. The van der Waals surface area contributed by atoms with Gasteiger partial charge in [-0.15, -0.1) is 0 Å². The van der Waals surface area contributed by atoms with E-state index in [-0.39, 0.29) is 0 Å². The Morgan fingerprint density at radius 3 is 1.37 bits per heavy atom. The molecule has 3 heteroatoms. The minimum atomic E-state index is -2.08. The average Bonchev–Trinajstić information content (AvgIpc) is 2.41. The van der Waals surface area contributed by atoms with Crippen LogP contribution in [-0.2, 0) is 8.85 Å². The largest absolute Gasteiger partial charge is 0.394 e. The fraction of sp³-hybridized carbons (Fsp3) is 1.00. The molecule has 0 amide bonds. The van der Waals surface area contributed by atoms with Gasteiger partial charge >= 0.3 is 8.56 Å². The molecule has 0 aliphatic carbocycles. The molecule has 19 heavy (non-hydrogen) atoms. The molecule has 116 valence electrons. The molecular formula is C16H36O2Si. The van der Waals surface area contributed by atoms with Crippen LogP contribution in [0.4, 0.5) is 0 Å². The third-order valence-electron chi connectivity index (χ3n) is 4.10. The Bertz CT molecular complexity index is 187. The molecule has 0 radical (unpaired) electrons. The molecule has 0 aromatic heterocycles. The molecule has 2 nitrogen and oxygen atoms in total. The highest BCUT2D eigenvalue weighted by molar-refractivity contribution is 6.70. The maximum atomic E-state index is 6.30. The van der Waals surface area contributed by atoms with Crippen molar-refractivity contribution in [1.29, 1.82) is 0 Å². The molecule has 0 bridgehead atoms. The van der Waals surface area contributed by atoms with Crippen LogP contribution in [0.5, 0.6) is 0 Å². The highest BCUT2D eigenvalue weighted by Gasteiger charge is 2.47. The summed E-state index contributed by atoms with van der Waals surface area (Å²) in [6.45, 7) is 15.0. The van der Waals surface area contributed by atoms with E-state index in [1.54, 1.807) is 0 Å². The molecule has 2 atom stereocenters. The zero-order chi connectivity index (χ0) is 14.7. The highest BCUT2D eigenvalue weighted by Crippen LogP contribution is 2.40. The zero-order valence-corrected chi connectivity index (χ0v) is 15.1. The summed E-state index contributed by atoms with van der Waals surface area (Å²) in [4.78, 5) is 0. The van der Waals surface area contributed by atoms with Crippen LogP contribution in [0.1, 0.15) is 80.1 Å². The van der Waals surface area contributed by atoms with Crippen LogP contribution in [0.25, 0.3) is 0 Å². The Labute approximate surface area is 122 Å². The van der Waals surface area contributed by atoms with Crippen molar-refractivity contribution in [3.8, 4) is 0 Å². The van der Waals surface area contributed by atoms with Gasteiger partial charge in [0.05, 0.1) is 0 Å². The van der Waals surface area contributed by atoms with Crippen LogP contribution < -0.4 is 0 Å². The van der Waals surface area contributed by atoms with Crippen molar-refractivity contribution in [3.63, 3.8) is 0 Å². The Kier molecular flexibility index (Phi) is 10.9. The minimum absolute atomic E-state index is 0.596. The zero-order valence-electron chi connectivity index (χ0n) is 14.1. The smallest absolute Gasteiger partial charge is 0.343 e. The standard InChI is InChI=1S/C16H36O2Si/c1-7-11-13-15(5)19(17-9-3,18-10-4)16(6)14-12-8-2/h15-16H,7-14H2,1-6H3. The summed E-state index contributed by atoms with van der Waals surface area (Å²) in [5.41, 5.74) is 1.19. The van der Waals surface area contributed by atoms with E-state index in [0.717, 1.165) is 13.2 Å². The van der Waals surface area contributed by atoms with Crippen LogP contribution in [0.15, 0.2) is 0 Å². The molecule has 0 spiro atoms. The minimum Gasteiger partial charge on any atom is -0.394 e. The predicted molar refractivity (Wildman–Crippen MR) is 86.9 cm³/mol. The van der Waals surface area contributed by atoms with Gasteiger partial charge in [0.1, 0.15) is 0 Å². The summed E-state index contributed by atoms with van der Waals surface area (Å²) in [7, 11) is -2.08. The van der Waals surface area contributed by atoms with E-state index >= 15 is 0 Å². The molecule has 0 saturated carbocycles. The number of rotatable bonds is 12. The molecule has 0 fully saturated rings. The summed E-state index contributed by atoms with van der Waals surface area (Å²) < 4.78 is 12.6. The quantitative estimate of drug-likeness (QED) is 0.431. The second kappa shape index (κ2) is 10.9. The molecule has 0 aliphatic heterocycles. The molecule has 0 aromatic carbocycles. The van der Waals surface area contributed by atoms with Crippen molar-refractivity contribution in [2.24, 2.45) is 0 Å². The Morgan fingerprint density at radius 1 is 0.737 bits per heavy atom. The second-order valence-electron chi connectivity index (χ2n) is 5.67. The SMILES string of the molecule is CCCCC(C)[Si](OCC)(OCC)C(C)CCCC. The van der Waals surface area contributed by atoms with Gasteiger partial charge in [0.15, 0.2) is 0 Å². The average molecular weight is 289 g/mol. The Hall–Kier alpha value is 0.137. The summed E-state index contributed by atoms with van der Waals surface area (Å²) in [6, 6.07) is 0. The van der Waals surface area contributed by atoms with Crippen LogP contribution in [0, 0.1) is 0 Å². The van der Waals surface area contributed by atoms with Crippen LogP contribution in [0.3, 0.4) is 0 Å². The van der Waals surface area contributed by atoms with E-state index in [2.05, 4.69) is 41.5 Å². The molecular weight excluding hydrogens is 252 g/mol. The van der Waals surface area contributed by atoms with Crippen molar-refractivity contribution in [2.45, 2.75) is 91.1 Å². The Morgan fingerprint density at radius 2 is 1.11 bits per heavy atom. The van der Waals surface area contributed by atoms with E-state index in [9.17, 15) is 0 Å². The van der Waals surface area contributed by atoms with Gasteiger partial charge in [-0.1, -0.05) is 53.4 Å². The predicted octanol–water partition coefficient (Wildman–Crippen LogP) is 5.66. The first-order valence-electron chi connectivity index (χ1n) is 8.36. The van der Waals surface area contributed by atoms with Crippen molar-refractivity contribution >= 4 is 8.56 Å². The Balaban J connectivity index is 4.91. The van der Waals surface area contributed by atoms with Gasteiger partial charge in [-0.3, -0.25) is 0 Å². The number of hydrogen-bond acceptors (Lipinski definition) is 2. The van der Waals surface area contributed by atoms with Crippen molar-refractivity contribution in [2.75, 3.05) is 13.2 Å². The molecule has 0 rings (SSSR count). The number of hydrogen-bond donors (Lipinski definition) is 0. The van der Waals surface area contributed by atoms with Gasteiger partial charge in [-0.25, -0.2) is 0 Å². The van der Waals surface area contributed by atoms with E-state index < -0.39 is 8.56 Å². The lowest BCUT2D eigenvalue weighted by molar-refractivity contribution is 0.160. The summed E-state index contributed by atoms with van der Waals surface area (Å²) in [5.74, 6) is 0. The van der Waals surface area contributed by atoms with Gasteiger partial charge in [0, 0.05) is 24.3 Å². The van der Waals surface area contributed by atoms with Crippen LogP contribution >= 0.6 is 0 Å². The lowest BCUT2D eigenvalue weighted by atomic mass is 10.2. The maximum absolute atomic E-state index is 6.30. The molecule has 0 aromatic rings. The highest BCUT2D eigenvalue weighted by atomic mass is 28.4. The molecule has 0 saturated heterocycles. The van der Waals surface area contributed by atoms with E-state index in [1.165, 1.54) is 38.5 Å².